The van der Waals surface area contributed by atoms with Crippen LogP contribution in [0.15, 0.2) is 38.6 Å². The molecule has 0 bridgehead atoms. The van der Waals surface area contributed by atoms with Crippen molar-refractivity contribution in [3.63, 3.8) is 0 Å². The topological polar surface area (TPSA) is 32.3 Å². The number of phenolic OH excluding ortho intramolecular Hbond substituents is 1. The molecule has 0 saturated carbocycles. The van der Waals surface area contributed by atoms with Crippen LogP contribution in [0, 0.1) is 0 Å². The molecule has 2 rings (SSSR count). The molecule has 0 fully saturated rings. The molecule has 5 heteroatoms. The molecule has 0 amide bonds. The molecule has 0 aliphatic heterocycles. The molecule has 2 aromatic rings. The van der Waals surface area contributed by atoms with E-state index in [0.717, 1.165) is 26.8 Å². The first-order valence-electron chi connectivity index (χ1n) is 6.06. The number of hydrogen-bond acceptors (Lipinski definition) is 3. The molecule has 0 saturated heterocycles. The lowest BCUT2D eigenvalue weighted by Crippen LogP contribution is -2.19. The zero-order chi connectivity index (χ0) is 13.8. The maximum atomic E-state index is 9.97. The summed E-state index contributed by atoms with van der Waals surface area (Å²) in [5, 5.41) is 13.5. The Morgan fingerprint density at radius 3 is 2.68 bits per heavy atom. The summed E-state index contributed by atoms with van der Waals surface area (Å²) < 4.78 is 2.13. The zero-order valence-electron chi connectivity index (χ0n) is 10.5. The number of phenols is 1. The third kappa shape index (κ3) is 4.05. The predicted molar refractivity (Wildman–Crippen MR) is 87.7 cm³/mol. The fourth-order valence-corrected chi connectivity index (χ4v) is 3.76. The summed E-state index contributed by atoms with van der Waals surface area (Å²) in [6.45, 7) is 2.92. The molecule has 1 aromatic heterocycles. The highest BCUT2D eigenvalue weighted by Crippen LogP contribution is 2.30. The largest absolute Gasteiger partial charge is 0.508 e. The number of aromatic hydroxyl groups is 1. The van der Waals surface area contributed by atoms with Gasteiger partial charge in [0.05, 0.1) is 3.79 Å². The monoisotopic (exact) mass is 403 g/mol. The maximum Gasteiger partial charge on any atom is 0.120 e. The van der Waals surface area contributed by atoms with E-state index >= 15 is 0 Å². The number of benzene rings is 1. The van der Waals surface area contributed by atoms with E-state index in [9.17, 15) is 5.11 Å². The van der Waals surface area contributed by atoms with Gasteiger partial charge in [0.2, 0.25) is 0 Å². The average molecular weight is 405 g/mol. The molecule has 19 heavy (non-hydrogen) atoms. The van der Waals surface area contributed by atoms with Crippen molar-refractivity contribution in [1.82, 2.24) is 5.32 Å². The van der Waals surface area contributed by atoms with Crippen LogP contribution in [-0.4, -0.2) is 5.11 Å². The van der Waals surface area contributed by atoms with Gasteiger partial charge in [-0.05, 0) is 52.7 Å². The first-order chi connectivity index (χ1) is 9.10. The van der Waals surface area contributed by atoms with Crippen LogP contribution in [0.5, 0.6) is 5.75 Å². The van der Waals surface area contributed by atoms with Crippen LogP contribution in [-0.2, 0) is 6.54 Å². The van der Waals surface area contributed by atoms with Gasteiger partial charge in [0.1, 0.15) is 5.75 Å². The Balaban J connectivity index is 2.09. The van der Waals surface area contributed by atoms with Crippen LogP contribution >= 0.6 is 43.2 Å². The Hall–Kier alpha value is -0.360. The van der Waals surface area contributed by atoms with Crippen molar-refractivity contribution < 1.29 is 5.11 Å². The van der Waals surface area contributed by atoms with E-state index in [4.69, 9.17) is 0 Å². The van der Waals surface area contributed by atoms with Crippen molar-refractivity contribution in [2.45, 2.75) is 25.9 Å². The third-order valence-corrected chi connectivity index (χ3v) is 5.04. The van der Waals surface area contributed by atoms with Gasteiger partial charge in [0, 0.05) is 27.5 Å². The van der Waals surface area contributed by atoms with Gasteiger partial charge < -0.3 is 10.4 Å². The standard InChI is InChI=1S/C14H15Br2NOS/c1-2-12(11-7-9(15)3-5-13(11)18)17-8-10-4-6-14(16)19-10/h3-7,12,17-18H,2,8H2,1H3. The van der Waals surface area contributed by atoms with Gasteiger partial charge in [-0.1, -0.05) is 22.9 Å². The van der Waals surface area contributed by atoms with E-state index in [1.54, 1.807) is 17.4 Å². The van der Waals surface area contributed by atoms with Gasteiger partial charge in [-0.25, -0.2) is 0 Å². The Bertz CT molecular complexity index is 556. The van der Waals surface area contributed by atoms with E-state index in [-0.39, 0.29) is 6.04 Å². The first-order valence-corrected chi connectivity index (χ1v) is 8.46. The number of nitrogens with one attached hydrogen (secondary N) is 1. The van der Waals surface area contributed by atoms with Crippen molar-refractivity contribution >= 4 is 43.2 Å². The Morgan fingerprint density at radius 1 is 1.26 bits per heavy atom. The first kappa shape index (κ1) is 15.0. The Morgan fingerprint density at radius 2 is 2.05 bits per heavy atom. The minimum atomic E-state index is 0.151. The second kappa shape index (κ2) is 6.88. The van der Waals surface area contributed by atoms with Crippen LogP contribution in [0.3, 0.4) is 0 Å². The highest BCUT2D eigenvalue weighted by Gasteiger charge is 2.13. The van der Waals surface area contributed by atoms with Crippen molar-refractivity contribution in [2.75, 3.05) is 0 Å². The summed E-state index contributed by atoms with van der Waals surface area (Å²) >= 11 is 8.64. The number of hydrogen-bond donors (Lipinski definition) is 2. The normalized spacial score (nSPS) is 12.6. The van der Waals surface area contributed by atoms with Gasteiger partial charge in [-0.3, -0.25) is 0 Å². The van der Waals surface area contributed by atoms with E-state index < -0.39 is 0 Å². The van der Waals surface area contributed by atoms with Crippen molar-refractivity contribution in [3.05, 3.63) is 49.0 Å². The van der Waals surface area contributed by atoms with Crippen LogP contribution < -0.4 is 5.32 Å². The van der Waals surface area contributed by atoms with Gasteiger partial charge in [-0.15, -0.1) is 11.3 Å². The summed E-state index contributed by atoms with van der Waals surface area (Å²) in [4.78, 5) is 1.28. The smallest absolute Gasteiger partial charge is 0.120 e. The Kier molecular flexibility index (Phi) is 5.45. The van der Waals surface area contributed by atoms with Crippen LogP contribution in [0.4, 0.5) is 0 Å². The second-order valence-corrected chi connectivity index (χ2v) is 7.71. The highest BCUT2D eigenvalue weighted by molar-refractivity contribution is 9.11. The molecule has 0 aliphatic rings. The molecule has 2 N–H and O–H groups in total. The zero-order valence-corrected chi connectivity index (χ0v) is 14.5. The summed E-state index contributed by atoms with van der Waals surface area (Å²) in [6.07, 6.45) is 0.927. The molecule has 0 radical (unpaired) electrons. The summed E-state index contributed by atoms with van der Waals surface area (Å²) in [7, 11) is 0. The van der Waals surface area contributed by atoms with Crippen LogP contribution in [0.2, 0.25) is 0 Å². The third-order valence-electron chi connectivity index (χ3n) is 2.92. The Labute approximate surface area is 134 Å². The molecule has 102 valence electrons. The highest BCUT2D eigenvalue weighted by atomic mass is 79.9. The van der Waals surface area contributed by atoms with E-state index in [2.05, 4.69) is 56.2 Å². The molecule has 1 aromatic carbocycles. The van der Waals surface area contributed by atoms with Crippen molar-refractivity contribution in [1.29, 1.82) is 0 Å². The fraction of sp³-hybridized carbons (Fsp3) is 0.286. The second-order valence-electron chi connectivity index (χ2n) is 4.25. The van der Waals surface area contributed by atoms with Crippen LogP contribution in [0.1, 0.15) is 29.8 Å². The number of rotatable bonds is 5. The van der Waals surface area contributed by atoms with E-state index in [1.807, 2.05) is 12.1 Å². The lowest BCUT2D eigenvalue weighted by Gasteiger charge is -2.18. The molecular formula is C14H15Br2NOS. The minimum absolute atomic E-state index is 0.151. The molecule has 0 spiro atoms. The van der Waals surface area contributed by atoms with Crippen molar-refractivity contribution in [3.8, 4) is 5.75 Å². The van der Waals surface area contributed by atoms with E-state index in [0.29, 0.717) is 5.75 Å². The van der Waals surface area contributed by atoms with E-state index in [1.165, 1.54) is 4.88 Å². The molecule has 0 aliphatic carbocycles. The maximum absolute atomic E-state index is 9.97. The van der Waals surface area contributed by atoms with Gasteiger partial charge in [-0.2, -0.15) is 0 Å². The number of thiophene rings is 1. The molecular weight excluding hydrogens is 390 g/mol. The molecule has 1 heterocycles. The van der Waals surface area contributed by atoms with Gasteiger partial charge in [0.15, 0.2) is 0 Å². The van der Waals surface area contributed by atoms with Gasteiger partial charge >= 0.3 is 0 Å². The molecule has 1 unspecified atom stereocenters. The summed E-state index contributed by atoms with van der Waals surface area (Å²) in [6, 6.07) is 9.86. The lowest BCUT2D eigenvalue weighted by atomic mass is 10.0. The number of halogens is 2. The molecule has 2 nitrogen and oxygen atoms in total. The van der Waals surface area contributed by atoms with Gasteiger partial charge in [0.25, 0.3) is 0 Å². The van der Waals surface area contributed by atoms with Crippen LogP contribution in [0.25, 0.3) is 0 Å². The fourth-order valence-electron chi connectivity index (χ4n) is 1.95. The molecule has 1 atom stereocenters. The SMILES string of the molecule is CCC(NCc1ccc(Br)s1)c1cc(Br)ccc1O. The predicted octanol–water partition coefficient (Wildman–Crippen LogP) is 5.22. The average Bonchev–Trinajstić information content (AvgIpc) is 2.80. The summed E-state index contributed by atoms with van der Waals surface area (Å²) in [5.74, 6) is 0.343. The lowest BCUT2D eigenvalue weighted by molar-refractivity contribution is 0.441. The summed E-state index contributed by atoms with van der Waals surface area (Å²) in [5.41, 5.74) is 0.937. The van der Waals surface area contributed by atoms with Crippen molar-refractivity contribution in [2.24, 2.45) is 0 Å². The quantitative estimate of drug-likeness (QED) is 0.715. The minimum Gasteiger partial charge on any atom is -0.508 e.